The maximum Gasteiger partial charge on any atom is 0.163 e. The number of aryl methyl sites for hydroxylation is 1. The second-order valence-corrected chi connectivity index (χ2v) is 3.89. The molecule has 0 radical (unpaired) electrons. The minimum absolute atomic E-state index is 0.0959. The molecular weight excluding hydrogens is 229 g/mol. The summed E-state index contributed by atoms with van der Waals surface area (Å²) in [5, 5.41) is 8.19. The molecule has 0 aliphatic carbocycles. The lowest BCUT2D eigenvalue weighted by Crippen LogP contribution is -1.98. The fourth-order valence-electron chi connectivity index (χ4n) is 1.56. The SMILES string of the molecule is CCc1nnc(-c2ccc(F)c(Cl)c2)n1C. The van der Waals surface area contributed by atoms with E-state index in [1.54, 1.807) is 12.1 Å². The quantitative estimate of drug-likeness (QED) is 0.807. The fraction of sp³-hybridized carbons (Fsp3) is 0.273. The first kappa shape index (κ1) is 11.1. The molecule has 3 nitrogen and oxygen atoms in total. The van der Waals surface area contributed by atoms with E-state index in [0.717, 1.165) is 17.8 Å². The first-order chi connectivity index (χ1) is 7.63. The normalized spacial score (nSPS) is 10.8. The molecule has 16 heavy (non-hydrogen) atoms. The van der Waals surface area contributed by atoms with Gasteiger partial charge in [0.2, 0.25) is 0 Å². The predicted octanol–water partition coefficient (Wildman–Crippen LogP) is 2.84. The molecular formula is C11H11ClFN3. The van der Waals surface area contributed by atoms with Gasteiger partial charge < -0.3 is 4.57 Å². The second kappa shape index (κ2) is 4.22. The van der Waals surface area contributed by atoms with Crippen LogP contribution in [0.3, 0.4) is 0 Å². The van der Waals surface area contributed by atoms with E-state index in [0.29, 0.717) is 5.82 Å². The van der Waals surface area contributed by atoms with Gasteiger partial charge in [-0.2, -0.15) is 0 Å². The second-order valence-electron chi connectivity index (χ2n) is 3.48. The maximum atomic E-state index is 13.0. The van der Waals surface area contributed by atoms with Gasteiger partial charge in [0.05, 0.1) is 5.02 Å². The Balaban J connectivity index is 2.50. The summed E-state index contributed by atoms with van der Waals surface area (Å²) in [5.74, 6) is 1.15. The van der Waals surface area contributed by atoms with E-state index in [1.807, 2.05) is 18.5 Å². The Morgan fingerprint density at radius 2 is 2.12 bits per heavy atom. The zero-order valence-corrected chi connectivity index (χ0v) is 9.79. The first-order valence-electron chi connectivity index (χ1n) is 4.97. The van der Waals surface area contributed by atoms with Gasteiger partial charge in [-0.15, -0.1) is 10.2 Å². The highest BCUT2D eigenvalue weighted by atomic mass is 35.5. The average molecular weight is 240 g/mol. The summed E-state index contributed by atoms with van der Waals surface area (Å²) in [5.41, 5.74) is 0.765. The summed E-state index contributed by atoms with van der Waals surface area (Å²) in [7, 11) is 1.88. The lowest BCUT2D eigenvalue weighted by molar-refractivity contribution is 0.628. The van der Waals surface area contributed by atoms with Crippen molar-refractivity contribution in [2.75, 3.05) is 0 Å². The zero-order chi connectivity index (χ0) is 11.7. The van der Waals surface area contributed by atoms with Crippen LogP contribution < -0.4 is 0 Å². The molecule has 0 fully saturated rings. The molecule has 0 bridgehead atoms. The molecule has 2 aromatic rings. The Hall–Kier alpha value is -1.42. The summed E-state index contributed by atoms with van der Waals surface area (Å²) in [6.45, 7) is 2.01. The van der Waals surface area contributed by atoms with Crippen LogP contribution in [-0.2, 0) is 13.5 Å². The molecule has 0 saturated heterocycles. The Morgan fingerprint density at radius 1 is 1.38 bits per heavy atom. The van der Waals surface area contributed by atoms with Gasteiger partial charge in [-0.25, -0.2) is 4.39 Å². The van der Waals surface area contributed by atoms with Crippen LogP contribution in [0.4, 0.5) is 4.39 Å². The van der Waals surface area contributed by atoms with Crippen LogP contribution in [0, 0.1) is 5.82 Å². The molecule has 1 aromatic carbocycles. The summed E-state index contributed by atoms with van der Waals surface area (Å²) < 4.78 is 14.9. The average Bonchev–Trinajstić information content (AvgIpc) is 2.64. The molecule has 5 heteroatoms. The predicted molar refractivity (Wildman–Crippen MR) is 60.8 cm³/mol. The Kier molecular flexibility index (Phi) is 2.92. The van der Waals surface area contributed by atoms with E-state index in [9.17, 15) is 4.39 Å². The standard InChI is InChI=1S/C11H11ClFN3/c1-3-10-14-15-11(16(10)2)7-4-5-9(13)8(12)6-7/h4-6H,3H2,1-2H3. The highest BCUT2D eigenvalue weighted by molar-refractivity contribution is 6.31. The van der Waals surface area contributed by atoms with Crippen molar-refractivity contribution in [1.82, 2.24) is 14.8 Å². The van der Waals surface area contributed by atoms with Crippen molar-refractivity contribution in [3.05, 3.63) is 34.9 Å². The Labute approximate surface area is 97.9 Å². The van der Waals surface area contributed by atoms with E-state index in [-0.39, 0.29) is 5.02 Å². The maximum absolute atomic E-state index is 13.0. The van der Waals surface area contributed by atoms with E-state index < -0.39 is 5.82 Å². The summed E-state index contributed by atoms with van der Waals surface area (Å²) in [4.78, 5) is 0. The van der Waals surface area contributed by atoms with Crippen molar-refractivity contribution >= 4 is 11.6 Å². The first-order valence-corrected chi connectivity index (χ1v) is 5.35. The van der Waals surface area contributed by atoms with Gasteiger partial charge in [-0.1, -0.05) is 18.5 Å². The third kappa shape index (κ3) is 1.80. The number of aromatic nitrogens is 3. The minimum Gasteiger partial charge on any atom is -0.314 e. The van der Waals surface area contributed by atoms with E-state index in [2.05, 4.69) is 10.2 Å². The third-order valence-electron chi connectivity index (χ3n) is 2.46. The highest BCUT2D eigenvalue weighted by Gasteiger charge is 2.10. The number of hydrogen-bond acceptors (Lipinski definition) is 2. The molecule has 0 saturated carbocycles. The van der Waals surface area contributed by atoms with Gasteiger partial charge in [0.1, 0.15) is 11.6 Å². The van der Waals surface area contributed by atoms with Gasteiger partial charge in [-0.05, 0) is 18.2 Å². The molecule has 2 rings (SSSR count). The number of halogens is 2. The molecule has 0 N–H and O–H groups in total. The van der Waals surface area contributed by atoms with E-state index in [1.165, 1.54) is 6.07 Å². The molecule has 0 amide bonds. The van der Waals surface area contributed by atoms with Crippen LogP contribution in [0.1, 0.15) is 12.7 Å². The van der Waals surface area contributed by atoms with E-state index in [4.69, 9.17) is 11.6 Å². The van der Waals surface area contributed by atoms with Crippen molar-refractivity contribution < 1.29 is 4.39 Å². The molecule has 0 aliphatic rings. The molecule has 84 valence electrons. The summed E-state index contributed by atoms with van der Waals surface area (Å²) in [6, 6.07) is 4.53. The van der Waals surface area contributed by atoms with E-state index >= 15 is 0 Å². The van der Waals surface area contributed by atoms with Crippen LogP contribution in [0.5, 0.6) is 0 Å². The van der Waals surface area contributed by atoms with Gasteiger partial charge in [-0.3, -0.25) is 0 Å². The number of rotatable bonds is 2. The molecule has 0 aliphatic heterocycles. The Morgan fingerprint density at radius 3 is 2.69 bits per heavy atom. The lowest BCUT2D eigenvalue weighted by atomic mass is 10.2. The molecule has 1 aromatic heterocycles. The van der Waals surface area contributed by atoms with Crippen LogP contribution in [0.2, 0.25) is 5.02 Å². The summed E-state index contributed by atoms with van der Waals surface area (Å²) >= 11 is 5.72. The van der Waals surface area contributed by atoms with Gasteiger partial charge in [0, 0.05) is 19.0 Å². The monoisotopic (exact) mass is 239 g/mol. The number of nitrogens with zero attached hydrogens (tertiary/aromatic N) is 3. The smallest absolute Gasteiger partial charge is 0.163 e. The highest BCUT2D eigenvalue weighted by Crippen LogP contribution is 2.23. The van der Waals surface area contributed by atoms with Crippen molar-refractivity contribution in [3.63, 3.8) is 0 Å². The molecule has 0 unspecified atom stereocenters. The topological polar surface area (TPSA) is 30.7 Å². The third-order valence-corrected chi connectivity index (χ3v) is 2.75. The van der Waals surface area contributed by atoms with Gasteiger partial charge in [0.15, 0.2) is 5.82 Å². The lowest BCUT2D eigenvalue weighted by Gasteiger charge is -2.03. The number of benzene rings is 1. The molecule has 0 spiro atoms. The van der Waals surface area contributed by atoms with Gasteiger partial charge >= 0.3 is 0 Å². The van der Waals surface area contributed by atoms with Crippen molar-refractivity contribution in [2.24, 2.45) is 7.05 Å². The summed E-state index contributed by atoms with van der Waals surface area (Å²) in [6.07, 6.45) is 0.804. The van der Waals surface area contributed by atoms with Crippen molar-refractivity contribution in [1.29, 1.82) is 0 Å². The van der Waals surface area contributed by atoms with Crippen LogP contribution in [-0.4, -0.2) is 14.8 Å². The number of hydrogen-bond donors (Lipinski definition) is 0. The van der Waals surface area contributed by atoms with Crippen LogP contribution in [0.25, 0.3) is 11.4 Å². The van der Waals surface area contributed by atoms with Crippen LogP contribution in [0.15, 0.2) is 18.2 Å². The zero-order valence-electron chi connectivity index (χ0n) is 9.04. The minimum atomic E-state index is -0.427. The molecule has 1 heterocycles. The fourth-order valence-corrected chi connectivity index (χ4v) is 1.74. The largest absolute Gasteiger partial charge is 0.314 e. The van der Waals surface area contributed by atoms with Crippen molar-refractivity contribution in [2.45, 2.75) is 13.3 Å². The van der Waals surface area contributed by atoms with Crippen molar-refractivity contribution in [3.8, 4) is 11.4 Å². The van der Waals surface area contributed by atoms with Crippen LogP contribution >= 0.6 is 11.6 Å². The van der Waals surface area contributed by atoms with Gasteiger partial charge in [0.25, 0.3) is 0 Å². The Bertz CT molecular complexity index is 522. The molecule has 0 atom stereocenters.